The van der Waals surface area contributed by atoms with E-state index in [4.69, 9.17) is 5.73 Å². The second-order valence-electron chi connectivity index (χ2n) is 8.03. The molecule has 3 N–H and O–H groups in total. The maximum absolute atomic E-state index is 12.7. The molecule has 2 aliphatic rings. The predicted octanol–water partition coefficient (Wildman–Crippen LogP) is 2.58. The molecular weight excluding hydrogens is 400 g/mol. The molecule has 1 aliphatic carbocycles. The van der Waals surface area contributed by atoms with Crippen molar-refractivity contribution >= 4 is 34.5 Å². The molecular formula is C21H24N6O2S. The maximum atomic E-state index is 12.7. The summed E-state index contributed by atoms with van der Waals surface area (Å²) in [6.07, 6.45) is 5.75. The third-order valence-electron chi connectivity index (χ3n) is 5.91. The number of carbonyl (C=O) groups is 2. The van der Waals surface area contributed by atoms with Gasteiger partial charge in [-0.3, -0.25) is 14.2 Å². The van der Waals surface area contributed by atoms with Gasteiger partial charge >= 0.3 is 0 Å². The summed E-state index contributed by atoms with van der Waals surface area (Å²) in [6.45, 7) is 1.10. The van der Waals surface area contributed by atoms with Crippen molar-refractivity contribution in [3.8, 4) is 11.4 Å². The van der Waals surface area contributed by atoms with Crippen LogP contribution in [0.25, 0.3) is 22.3 Å². The standard InChI is InChI=1S/C21H24N6O2S/c22-19(29)13-4-3-9-26(11-13)18(28)12-30-21-25-24-20(27(21)14-7-8-14)16-10-23-17-6-2-1-5-15(16)17/h1-2,5-6,10,13-14,23H,3-4,7-9,11-12H2,(H2,22,29)/t13-/m1/s1. The topological polar surface area (TPSA) is 110 Å². The number of aromatic nitrogens is 4. The fourth-order valence-corrected chi connectivity index (χ4v) is 5.04. The number of para-hydroxylation sites is 1. The zero-order chi connectivity index (χ0) is 20.7. The molecule has 2 fully saturated rings. The Morgan fingerprint density at radius 3 is 2.83 bits per heavy atom. The van der Waals surface area contributed by atoms with Gasteiger partial charge < -0.3 is 15.6 Å². The van der Waals surface area contributed by atoms with Crippen molar-refractivity contribution in [1.29, 1.82) is 0 Å². The van der Waals surface area contributed by atoms with Crippen LogP contribution >= 0.6 is 11.8 Å². The summed E-state index contributed by atoms with van der Waals surface area (Å²) in [5.74, 6) is 0.583. The Bertz CT molecular complexity index is 1100. The molecule has 1 saturated heterocycles. The fraction of sp³-hybridized carbons (Fsp3) is 0.429. The van der Waals surface area contributed by atoms with E-state index < -0.39 is 0 Å². The number of nitrogens with one attached hydrogen (secondary N) is 1. The monoisotopic (exact) mass is 424 g/mol. The van der Waals surface area contributed by atoms with Crippen LogP contribution in [0.15, 0.2) is 35.6 Å². The molecule has 3 aromatic rings. The number of hydrogen-bond donors (Lipinski definition) is 2. The predicted molar refractivity (Wildman–Crippen MR) is 115 cm³/mol. The Labute approximate surface area is 178 Å². The number of fused-ring (bicyclic) bond motifs is 1. The van der Waals surface area contributed by atoms with E-state index in [-0.39, 0.29) is 23.5 Å². The number of nitrogens with two attached hydrogens (primary N) is 1. The average Bonchev–Trinajstić information content (AvgIpc) is 3.38. The first-order chi connectivity index (χ1) is 14.6. The molecule has 30 heavy (non-hydrogen) atoms. The number of piperidine rings is 1. The van der Waals surface area contributed by atoms with Crippen LogP contribution in [0.3, 0.4) is 0 Å². The van der Waals surface area contributed by atoms with Crippen molar-refractivity contribution < 1.29 is 9.59 Å². The van der Waals surface area contributed by atoms with Crippen LogP contribution in [0.4, 0.5) is 0 Å². The summed E-state index contributed by atoms with van der Waals surface area (Å²) >= 11 is 1.42. The number of carbonyl (C=O) groups excluding carboxylic acids is 2. The maximum Gasteiger partial charge on any atom is 0.233 e. The van der Waals surface area contributed by atoms with Gasteiger partial charge in [0.25, 0.3) is 0 Å². The average molecular weight is 425 g/mol. The third-order valence-corrected chi connectivity index (χ3v) is 6.84. The molecule has 1 aromatic carbocycles. The minimum absolute atomic E-state index is 0.0185. The van der Waals surface area contributed by atoms with Gasteiger partial charge in [-0.2, -0.15) is 0 Å². The van der Waals surface area contributed by atoms with Crippen molar-refractivity contribution in [2.24, 2.45) is 11.7 Å². The first kappa shape index (κ1) is 19.2. The van der Waals surface area contributed by atoms with Crippen LogP contribution in [-0.4, -0.2) is 55.3 Å². The van der Waals surface area contributed by atoms with E-state index in [9.17, 15) is 9.59 Å². The Morgan fingerprint density at radius 2 is 2.03 bits per heavy atom. The lowest BCUT2D eigenvalue weighted by Crippen LogP contribution is -2.44. The number of rotatable bonds is 6. The highest BCUT2D eigenvalue weighted by Gasteiger charge is 2.32. The SMILES string of the molecule is NC(=O)[C@@H]1CCCN(C(=O)CSc2nnc(-c3c[nH]c4ccccc34)n2C2CC2)C1. The van der Waals surface area contributed by atoms with E-state index in [0.29, 0.717) is 19.1 Å². The van der Waals surface area contributed by atoms with Crippen molar-refractivity contribution in [3.63, 3.8) is 0 Å². The van der Waals surface area contributed by atoms with Gasteiger partial charge in [0.15, 0.2) is 11.0 Å². The highest BCUT2D eigenvalue weighted by molar-refractivity contribution is 7.99. The summed E-state index contributed by atoms with van der Waals surface area (Å²) in [6, 6.07) is 8.53. The van der Waals surface area contributed by atoms with E-state index >= 15 is 0 Å². The molecule has 0 radical (unpaired) electrons. The zero-order valence-corrected chi connectivity index (χ0v) is 17.4. The largest absolute Gasteiger partial charge is 0.369 e. The Balaban J connectivity index is 1.35. The highest BCUT2D eigenvalue weighted by atomic mass is 32.2. The van der Waals surface area contributed by atoms with E-state index in [2.05, 4.69) is 25.8 Å². The van der Waals surface area contributed by atoms with Gasteiger partial charge in [0, 0.05) is 41.8 Å². The van der Waals surface area contributed by atoms with Crippen LogP contribution in [-0.2, 0) is 9.59 Å². The molecule has 156 valence electrons. The van der Waals surface area contributed by atoms with Crippen LogP contribution in [0.2, 0.25) is 0 Å². The Morgan fingerprint density at radius 1 is 1.20 bits per heavy atom. The number of likely N-dealkylation sites (tertiary alicyclic amines) is 1. The van der Waals surface area contributed by atoms with E-state index in [0.717, 1.165) is 53.1 Å². The van der Waals surface area contributed by atoms with Gasteiger partial charge in [0.2, 0.25) is 11.8 Å². The molecule has 8 nitrogen and oxygen atoms in total. The van der Waals surface area contributed by atoms with E-state index in [1.807, 2.05) is 24.4 Å². The van der Waals surface area contributed by atoms with Crippen LogP contribution in [0.1, 0.15) is 31.7 Å². The van der Waals surface area contributed by atoms with Crippen molar-refractivity contribution in [3.05, 3.63) is 30.5 Å². The zero-order valence-electron chi connectivity index (χ0n) is 16.6. The number of H-pyrrole nitrogens is 1. The van der Waals surface area contributed by atoms with Crippen LogP contribution < -0.4 is 5.73 Å². The number of amides is 2. The van der Waals surface area contributed by atoms with Gasteiger partial charge in [-0.05, 0) is 31.7 Å². The first-order valence-corrected chi connectivity index (χ1v) is 11.3. The van der Waals surface area contributed by atoms with Gasteiger partial charge in [-0.25, -0.2) is 0 Å². The molecule has 0 bridgehead atoms. The summed E-state index contributed by atoms with van der Waals surface area (Å²) in [5.41, 5.74) is 7.53. The number of thioether (sulfide) groups is 1. The minimum atomic E-state index is -0.322. The normalized spacial score (nSPS) is 19.3. The summed E-state index contributed by atoms with van der Waals surface area (Å²) in [4.78, 5) is 29.3. The Kier molecular flexibility index (Phi) is 4.98. The first-order valence-electron chi connectivity index (χ1n) is 10.3. The molecule has 5 rings (SSSR count). The number of aromatic amines is 1. The molecule has 2 amide bonds. The molecule has 1 saturated carbocycles. The number of nitrogens with zero attached hydrogens (tertiary/aromatic N) is 4. The summed E-state index contributed by atoms with van der Waals surface area (Å²) < 4.78 is 2.18. The number of benzene rings is 1. The lowest BCUT2D eigenvalue weighted by atomic mass is 9.97. The van der Waals surface area contributed by atoms with Crippen molar-refractivity contribution in [2.45, 2.75) is 36.9 Å². The summed E-state index contributed by atoms with van der Waals surface area (Å²) in [5, 5.41) is 10.8. The number of primary amides is 1. The molecule has 9 heteroatoms. The van der Waals surface area contributed by atoms with E-state index in [1.54, 1.807) is 4.90 Å². The second-order valence-corrected chi connectivity index (χ2v) is 8.97. The van der Waals surface area contributed by atoms with Gasteiger partial charge in [-0.15, -0.1) is 10.2 Å². The quantitative estimate of drug-likeness (QED) is 0.591. The molecule has 3 heterocycles. The van der Waals surface area contributed by atoms with Gasteiger partial charge in [-0.1, -0.05) is 30.0 Å². The molecule has 1 atom stereocenters. The molecule has 1 aliphatic heterocycles. The Hall–Kier alpha value is -2.81. The third kappa shape index (κ3) is 3.58. The fourth-order valence-electron chi connectivity index (χ4n) is 4.13. The van der Waals surface area contributed by atoms with Crippen molar-refractivity contribution in [2.75, 3.05) is 18.8 Å². The lowest BCUT2D eigenvalue weighted by molar-refractivity contribution is -0.132. The smallest absolute Gasteiger partial charge is 0.233 e. The van der Waals surface area contributed by atoms with E-state index in [1.165, 1.54) is 11.8 Å². The van der Waals surface area contributed by atoms with Gasteiger partial charge in [0.1, 0.15) is 0 Å². The number of hydrogen-bond acceptors (Lipinski definition) is 5. The molecule has 0 spiro atoms. The second kappa shape index (κ2) is 7.79. The summed E-state index contributed by atoms with van der Waals surface area (Å²) in [7, 11) is 0. The minimum Gasteiger partial charge on any atom is -0.369 e. The molecule has 0 unspecified atom stereocenters. The highest BCUT2D eigenvalue weighted by Crippen LogP contribution is 2.42. The van der Waals surface area contributed by atoms with Gasteiger partial charge in [0.05, 0.1) is 11.7 Å². The van der Waals surface area contributed by atoms with Crippen LogP contribution in [0, 0.1) is 5.92 Å². The van der Waals surface area contributed by atoms with Crippen LogP contribution in [0.5, 0.6) is 0 Å². The molecule has 2 aromatic heterocycles. The lowest BCUT2D eigenvalue weighted by Gasteiger charge is -2.31. The van der Waals surface area contributed by atoms with Crippen molar-refractivity contribution in [1.82, 2.24) is 24.6 Å².